The van der Waals surface area contributed by atoms with Crippen LogP contribution < -0.4 is 5.32 Å². The molecule has 0 aliphatic heterocycles. The fourth-order valence-corrected chi connectivity index (χ4v) is 1.74. The van der Waals surface area contributed by atoms with Gasteiger partial charge in [-0.2, -0.15) is 0 Å². The van der Waals surface area contributed by atoms with Crippen LogP contribution in [0.15, 0.2) is 18.3 Å². The summed E-state index contributed by atoms with van der Waals surface area (Å²) >= 11 is 0. The summed E-state index contributed by atoms with van der Waals surface area (Å²) in [6.45, 7) is 3.04. The zero-order chi connectivity index (χ0) is 14.3. The van der Waals surface area contributed by atoms with Gasteiger partial charge in [0.05, 0.1) is 18.3 Å². The summed E-state index contributed by atoms with van der Waals surface area (Å²) in [4.78, 5) is 17.9. The number of rotatable bonds is 7. The number of carbonyl (C=O) groups excluding carboxylic acids is 1. The van der Waals surface area contributed by atoms with Crippen molar-refractivity contribution in [1.29, 1.82) is 0 Å². The maximum absolute atomic E-state index is 12.3. The van der Waals surface area contributed by atoms with E-state index in [4.69, 9.17) is 4.74 Å². The lowest BCUT2D eigenvalue weighted by molar-refractivity contribution is 0.0380. The van der Waals surface area contributed by atoms with Crippen LogP contribution >= 0.6 is 0 Å². The summed E-state index contributed by atoms with van der Waals surface area (Å²) in [5.41, 5.74) is 0.497. The van der Waals surface area contributed by atoms with Gasteiger partial charge in [0.25, 0.3) is 5.91 Å². The summed E-state index contributed by atoms with van der Waals surface area (Å²) in [7, 11) is 3.15. The lowest BCUT2D eigenvalue weighted by Crippen LogP contribution is -2.36. The predicted octanol–water partition coefficient (Wildman–Crippen LogP) is 0.593. The van der Waals surface area contributed by atoms with Crippen molar-refractivity contribution in [3.63, 3.8) is 0 Å². The van der Waals surface area contributed by atoms with Gasteiger partial charge in [0, 0.05) is 33.4 Å². The number of pyridine rings is 1. The molecule has 0 radical (unpaired) electrons. The summed E-state index contributed by atoms with van der Waals surface area (Å²) < 4.78 is 4.84. The molecular formula is C13H21N3O3. The van der Waals surface area contributed by atoms with Crippen LogP contribution in [0, 0.1) is 0 Å². The molecule has 1 rings (SSSR count). The van der Waals surface area contributed by atoms with E-state index in [1.54, 1.807) is 25.4 Å². The molecule has 0 spiro atoms. The average molecular weight is 267 g/mol. The molecule has 0 saturated heterocycles. The van der Waals surface area contributed by atoms with E-state index in [1.807, 2.05) is 6.92 Å². The summed E-state index contributed by atoms with van der Waals surface area (Å²) in [6.07, 6.45) is 0.937. The van der Waals surface area contributed by atoms with Gasteiger partial charge >= 0.3 is 0 Å². The number of aliphatic hydroxyl groups is 1. The Morgan fingerprint density at radius 1 is 1.63 bits per heavy atom. The van der Waals surface area contributed by atoms with Gasteiger partial charge in [-0.15, -0.1) is 0 Å². The van der Waals surface area contributed by atoms with E-state index in [1.165, 1.54) is 12.0 Å². The number of amides is 1. The SMILES string of the molecule is CCNc1ncccc1C(=O)N(C)CC(O)COC. The molecule has 1 heterocycles. The number of hydrogen-bond donors (Lipinski definition) is 2. The minimum Gasteiger partial charge on any atom is -0.389 e. The Bertz CT molecular complexity index is 412. The van der Waals surface area contributed by atoms with Crippen molar-refractivity contribution >= 4 is 11.7 Å². The zero-order valence-corrected chi connectivity index (χ0v) is 11.6. The van der Waals surface area contributed by atoms with Crippen molar-refractivity contribution in [2.24, 2.45) is 0 Å². The Kier molecular flexibility index (Phi) is 6.24. The number of hydrogen-bond acceptors (Lipinski definition) is 5. The van der Waals surface area contributed by atoms with Crippen molar-refractivity contribution in [3.05, 3.63) is 23.9 Å². The lowest BCUT2D eigenvalue weighted by atomic mass is 10.2. The van der Waals surface area contributed by atoms with E-state index < -0.39 is 6.10 Å². The van der Waals surface area contributed by atoms with Crippen LogP contribution in [0.1, 0.15) is 17.3 Å². The van der Waals surface area contributed by atoms with Crippen LogP contribution in [0.5, 0.6) is 0 Å². The van der Waals surface area contributed by atoms with Crippen molar-refractivity contribution in [3.8, 4) is 0 Å². The Labute approximate surface area is 113 Å². The second-order valence-electron chi connectivity index (χ2n) is 4.22. The largest absolute Gasteiger partial charge is 0.389 e. The minimum absolute atomic E-state index is 0.181. The third kappa shape index (κ3) is 4.50. The first kappa shape index (κ1) is 15.4. The van der Waals surface area contributed by atoms with Crippen molar-refractivity contribution in [1.82, 2.24) is 9.88 Å². The number of anilines is 1. The molecule has 0 aliphatic rings. The molecule has 1 aromatic rings. The number of likely N-dealkylation sites (N-methyl/N-ethyl adjacent to an activating group) is 1. The molecule has 0 bridgehead atoms. The molecule has 106 valence electrons. The zero-order valence-electron chi connectivity index (χ0n) is 11.6. The molecule has 1 unspecified atom stereocenters. The van der Waals surface area contributed by atoms with Crippen molar-refractivity contribution in [2.45, 2.75) is 13.0 Å². The van der Waals surface area contributed by atoms with Gasteiger partial charge in [-0.1, -0.05) is 0 Å². The van der Waals surface area contributed by atoms with Crippen LogP contribution in [0.4, 0.5) is 5.82 Å². The molecule has 0 saturated carbocycles. The van der Waals surface area contributed by atoms with Crippen LogP contribution in [0.2, 0.25) is 0 Å². The van der Waals surface area contributed by atoms with Crippen molar-refractivity contribution < 1.29 is 14.6 Å². The molecule has 1 aromatic heterocycles. The van der Waals surface area contributed by atoms with E-state index >= 15 is 0 Å². The molecule has 6 nitrogen and oxygen atoms in total. The van der Waals surface area contributed by atoms with Gasteiger partial charge in [0.15, 0.2) is 0 Å². The maximum atomic E-state index is 12.3. The fourth-order valence-electron chi connectivity index (χ4n) is 1.74. The second kappa shape index (κ2) is 7.70. The maximum Gasteiger partial charge on any atom is 0.257 e. The van der Waals surface area contributed by atoms with Gasteiger partial charge in [0.1, 0.15) is 5.82 Å². The molecule has 2 N–H and O–H groups in total. The smallest absolute Gasteiger partial charge is 0.257 e. The lowest BCUT2D eigenvalue weighted by Gasteiger charge is -2.21. The molecule has 6 heteroatoms. The Morgan fingerprint density at radius 3 is 3.00 bits per heavy atom. The Hall–Kier alpha value is -1.66. The molecule has 0 aliphatic carbocycles. The third-order valence-electron chi connectivity index (χ3n) is 2.57. The molecule has 1 amide bonds. The Morgan fingerprint density at radius 2 is 2.37 bits per heavy atom. The minimum atomic E-state index is -0.696. The molecule has 0 aromatic carbocycles. The average Bonchev–Trinajstić information content (AvgIpc) is 2.39. The van der Waals surface area contributed by atoms with E-state index in [0.29, 0.717) is 17.9 Å². The van der Waals surface area contributed by atoms with E-state index in [0.717, 1.165) is 0 Å². The highest BCUT2D eigenvalue weighted by Gasteiger charge is 2.18. The summed E-state index contributed by atoms with van der Waals surface area (Å²) in [6, 6.07) is 3.43. The molecule has 1 atom stereocenters. The normalized spacial score (nSPS) is 12.0. The van der Waals surface area contributed by atoms with Crippen molar-refractivity contribution in [2.75, 3.05) is 39.2 Å². The number of ether oxygens (including phenoxy) is 1. The van der Waals surface area contributed by atoms with Crippen LogP contribution in [0.3, 0.4) is 0 Å². The van der Waals surface area contributed by atoms with Gasteiger partial charge in [-0.3, -0.25) is 4.79 Å². The van der Waals surface area contributed by atoms with E-state index in [2.05, 4.69) is 10.3 Å². The third-order valence-corrected chi connectivity index (χ3v) is 2.57. The molecule has 19 heavy (non-hydrogen) atoms. The van der Waals surface area contributed by atoms with Gasteiger partial charge in [-0.05, 0) is 19.1 Å². The van der Waals surface area contributed by atoms with Gasteiger partial charge in [0.2, 0.25) is 0 Å². The monoisotopic (exact) mass is 267 g/mol. The number of nitrogens with one attached hydrogen (secondary N) is 1. The number of methoxy groups -OCH3 is 1. The van der Waals surface area contributed by atoms with Crippen LogP contribution in [0.25, 0.3) is 0 Å². The predicted molar refractivity (Wildman–Crippen MR) is 73.2 cm³/mol. The first-order valence-corrected chi connectivity index (χ1v) is 6.21. The Balaban J connectivity index is 2.76. The fraction of sp³-hybridized carbons (Fsp3) is 0.538. The first-order valence-electron chi connectivity index (χ1n) is 6.21. The number of carbonyl (C=O) groups is 1. The van der Waals surface area contributed by atoms with E-state index in [-0.39, 0.29) is 19.1 Å². The highest BCUT2D eigenvalue weighted by molar-refractivity contribution is 5.98. The molecule has 0 fully saturated rings. The van der Waals surface area contributed by atoms with Crippen LogP contribution in [-0.2, 0) is 4.74 Å². The topological polar surface area (TPSA) is 74.7 Å². The molecular weight excluding hydrogens is 246 g/mol. The summed E-state index contributed by atoms with van der Waals surface area (Å²) in [5.74, 6) is 0.377. The van der Waals surface area contributed by atoms with Gasteiger partial charge in [-0.25, -0.2) is 4.98 Å². The quantitative estimate of drug-likeness (QED) is 0.756. The second-order valence-corrected chi connectivity index (χ2v) is 4.22. The highest BCUT2D eigenvalue weighted by Crippen LogP contribution is 2.13. The standard InChI is InChI=1S/C13H21N3O3/c1-4-14-12-11(6-5-7-15-12)13(18)16(2)8-10(17)9-19-3/h5-7,10,17H,4,8-9H2,1-3H3,(H,14,15). The van der Waals surface area contributed by atoms with Crippen LogP contribution in [-0.4, -0.2) is 60.9 Å². The summed E-state index contributed by atoms with van der Waals surface area (Å²) in [5, 5.41) is 12.7. The number of aliphatic hydroxyl groups excluding tert-OH is 1. The number of aromatic nitrogens is 1. The van der Waals surface area contributed by atoms with Gasteiger partial charge < -0.3 is 20.1 Å². The van der Waals surface area contributed by atoms with E-state index in [9.17, 15) is 9.90 Å². The number of nitrogens with zero attached hydrogens (tertiary/aromatic N) is 2. The highest BCUT2D eigenvalue weighted by atomic mass is 16.5. The first-order chi connectivity index (χ1) is 9.10.